The van der Waals surface area contributed by atoms with Crippen molar-refractivity contribution in [2.24, 2.45) is 0 Å². The van der Waals surface area contributed by atoms with Crippen LogP contribution in [0.25, 0.3) is 17.0 Å². The number of para-hydroxylation sites is 1. The van der Waals surface area contributed by atoms with Crippen molar-refractivity contribution in [3.05, 3.63) is 113 Å². The fraction of sp³-hybridized carbons (Fsp3) is 0.258. The van der Waals surface area contributed by atoms with Crippen LogP contribution in [-0.4, -0.2) is 39.7 Å². The molecule has 5 nitrogen and oxygen atoms in total. The minimum Gasteiger partial charge on any atom is -0.477 e. The Morgan fingerprint density at radius 1 is 0.917 bits per heavy atom. The summed E-state index contributed by atoms with van der Waals surface area (Å²) in [5, 5.41) is 14.9. The third-order valence-corrected chi connectivity index (χ3v) is 7.24. The molecule has 1 saturated heterocycles. The summed E-state index contributed by atoms with van der Waals surface area (Å²) in [6.07, 6.45) is 3.93. The molecule has 0 spiro atoms. The van der Waals surface area contributed by atoms with Gasteiger partial charge in [-0.1, -0.05) is 85.5 Å². The van der Waals surface area contributed by atoms with E-state index in [9.17, 15) is 9.90 Å². The van der Waals surface area contributed by atoms with E-state index < -0.39 is 5.97 Å². The molecule has 1 fully saturated rings. The Morgan fingerprint density at radius 2 is 1.58 bits per heavy atom. The van der Waals surface area contributed by atoms with Crippen LogP contribution >= 0.6 is 0 Å². The second-order valence-electron chi connectivity index (χ2n) is 9.60. The van der Waals surface area contributed by atoms with Gasteiger partial charge in [0.15, 0.2) is 0 Å². The summed E-state index contributed by atoms with van der Waals surface area (Å²) in [6, 6.07) is 27.1. The predicted octanol–water partition coefficient (Wildman–Crippen LogP) is 5.79. The molecule has 0 saturated carbocycles. The van der Waals surface area contributed by atoms with Gasteiger partial charge in [-0.3, -0.25) is 4.90 Å². The quantitative estimate of drug-likeness (QED) is 0.319. The van der Waals surface area contributed by atoms with Crippen molar-refractivity contribution < 1.29 is 9.90 Å². The Bertz CT molecular complexity index is 1330. The summed E-state index contributed by atoms with van der Waals surface area (Å²) in [6.45, 7) is 7.95. The van der Waals surface area contributed by atoms with E-state index in [0.29, 0.717) is 24.8 Å². The third kappa shape index (κ3) is 5.27. The van der Waals surface area contributed by atoms with Crippen molar-refractivity contribution in [3.8, 4) is 0 Å². The Balaban J connectivity index is 1.32. The number of carboxylic acid groups (broad SMARTS) is 1. The van der Waals surface area contributed by atoms with Gasteiger partial charge in [-0.15, -0.1) is 0 Å². The van der Waals surface area contributed by atoms with Crippen LogP contribution in [0.5, 0.6) is 0 Å². The maximum Gasteiger partial charge on any atom is 0.352 e. The lowest BCUT2D eigenvalue weighted by Gasteiger charge is -2.32. The molecule has 0 unspecified atom stereocenters. The molecule has 1 aromatic heterocycles. The maximum atomic E-state index is 12.5. The highest BCUT2D eigenvalue weighted by Crippen LogP contribution is 2.28. The molecule has 0 aliphatic carbocycles. The van der Waals surface area contributed by atoms with Crippen LogP contribution in [0.3, 0.4) is 0 Å². The normalized spacial score (nSPS) is 14.8. The van der Waals surface area contributed by atoms with E-state index in [4.69, 9.17) is 0 Å². The lowest BCUT2D eigenvalue weighted by atomic mass is 10.0. The van der Waals surface area contributed by atoms with Crippen molar-refractivity contribution in [3.63, 3.8) is 0 Å². The molecule has 4 aromatic rings. The Labute approximate surface area is 212 Å². The van der Waals surface area contributed by atoms with Gasteiger partial charge >= 0.3 is 5.97 Å². The van der Waals surface area contributed by atoms with Crippen molar-refractivity contribution in [2.45, 2.75) is 38.5 Å². The van der Waals surface area contributed by atoms with Crippen molar-refractivity contribution in [1.82, 2.24) is 14.8 Å². The lowest BCUT2D eigenvalue weighted by Crippen LogP contribution is -2.42. The van der Waals surface area contributed by atoms with E-state index in [2.05, 4.69) is 47.1 Å². The number of likely N-dealkylation sites (tertiary alicyclic amines) is 1. The molecular weight excluding hydrogens is 446 g/mol. The van der Waals surface area contributed by atoms with Gasteiger partial charge < -0.3 is 15.0 Å². The van der Waals surface area contributed by atoms with E-state index in [1.165, 1.54) is 5.56 Å². The molecule has 1 aliphatic rings. The number of fused-ring (bicyclic) bond motifs is 1. The minimum absolute atomic E-state index is 0.373. The Morgan fingerprint density at radius 3 is 2.28 bits per heavy atom. The van der Waals surface area contributed by atoms with E-state index in [-0.39, 0.29) is 0 Å². The van der Waals surface area contributed by atoms with Crippen LogP contribution in [0, 0.1) is 0 Å². The van der Waals surface area contributed by atoms with Gasteiger partial charge in [0.25, 0.3) is 0 Å². The highest BCUT2D eigenvalue weighted by molar-refractivity contribution is 5.98. The molecule has 184 valence electrons. The van der Waals surface area contributed by atoms with Crippen LogP contribution in [0.2, 0.25) is 0 Å². The van der Waals surface area contributed by atoms with Gasteiger partial charge in [-0.05, 0) is 48.7 Å². The SMILES string of the molecule is C=Cc1ccc(Cn2c(C(=O)O)c(CNC3CCN(Cc4ccccc4)CC3)c3ccccc32)cc1. The van der Waals surface area contributed by atoms with Crippen LogP contribution < -0.4 is 5.32 Å². The molecule has 0 atom stereocenters. The summed E-state index contributed by atoms with van der Waals surface area (Å²) < 4.78 is 1.94. The smallest absolute Gasteiger partial charge is 0.352 e. The molecule has 1 aliphatic heterocycles. The number of aromatic nitrogens is 1. The largest absolute Gasteiger partial charge is 0.477 e. The first-order valence-corrected chi connectivity index (χ1v) is 12.7. The van der Waals surface area contributed by atoms with Crippen molar-refractivity contribution >= 4 is 22.9 Å². The summed E-state index contributed by atoms with van der Waals surface area (Å²) in [5.41, 5.74) is 5.66. The van der Waals surface area contributed by atoms with E-state index in [1.54, 1.807) is 0 Å². The van der Waals surface area contributed by atoms with Gasteiger partial charge in [0, 0.05) is 42.1 Å². The minimum atomic E-state index is -0.886. The number of carboxylic acids is 1. The van der Waals surface area contributed by atoms with Crippen molar-refractivity contribution in [1.29, 1.82) is 0 Å². The van der Waals surface area contributed by atoms with Gasteiger partial charge in [0.2, 0.25) is 0 Å². The highest BCUT2D eigenvalue weighted by Gasteiger charge is 2.24. The molecular formula is C31H33N3O2. The first kappa shape index (κ1) is 24.0. The van der Waals surface area contributed by atoms with E-state index in [0.717, 1.165) is 60.1 Å². The molecule has 2 heterocycles. The average molecular weight is 480 g/mol. The van der Waals surface area contributed by atoms with Crippen LogP contribution in [0.1, 0.15) is 45.6 Å². The number of aromatic carboxylic acids is 1. The lowest BCUT2D eigenvalue weighted by molar-refractivity contribution is 0.0684. The number of hydrogen-bond donors (Lipinski definition) is 2. The van der Waals surface area contributed by atoms with E-state index in [1.807, 2.05) is 59.2 Å². The molecule has 2 N–H and O–H groups in total. The van der Waals surface area contributed by atoms with Gasteiger partial charge in [0.05, 0.1) is 0 Å². The zero-order valence-corrected chi connectivity index (χ0v) is 20.6. The number of benzene rings is 3. The highest BCUT2D eigenvalue weighted by atomic mass is 16.4. The fourth-order valence-corrected chi connectivity index (χ4v) is 5.29. The molecule has 5 rings (SSSR count). The van der Waals surface area contributed by atoms with Crippen molar-refractivity contribution in [2.75, 3.05) is 13.1 Å². The van der Waals surface area contributed by atoms with Gasteiger partial charge in [-0.25, -0.2) is 4.79 Å². The standard InChI is InChI=1S/C31H33N3O2/c1-2-23-12-14-25(15-13-23)22-34-29-11-7-6-10-27(29)28(30(34)31(35)36)20-32-26-16-18-33(19-17-26)21-24-8-4-3-5-9-24/h2-15,26,32H,1,16-22H2,(H,35,36). The number of nitrogens with one attached hydrogen (secondary N) is 1. The van der Waals surface area contributed by atoms with Gasteiger partial charge in [0.1, 0.15) is 5.69 Å². The monoisotopic (exact) mass is 479 g/mol. The molecule has 3 aromatic carbocycles. The Kier molecular flexibility index (Phi) is 7.31. The molecule has 0 radical (unpaired) electrons. The van der Waals surface area contributed by atoms with Gasteiger partial charge in [-0.2, -0.15) is 0 Å². The topological polar surface area (TPSA) is 57.5 Å². The molecule has 5 heteroatoms. The number of hydrogen-bond acceptors (Lipinski definition) is 3. The number of nitrogens with zero attached hydrogens (tertiary/aromatic N) is 2. The predicted molar refractivity (Wildman–Crippen MR) is 146 cm³/mol. The zero-order chi connectivity index (χ0) is 24.9. The first-order valence-electron chi connectivity index (χ1n) is 12.7. The van der Waals surface area contributed by atoms with Crippen LogP contribution in [0.4, 0.5) is 0 Å². The Hall–Kier alpha value is -3.67. The number of rotatable bonds is 9. The maximum absolute atomic E-state index is 12.5. The second kappa shape index (κ2) is 10.9. The van der Waals surface area contributed by atoms with Crippen LogP contribution in [0.15, 0.2) is 85.4 Å². The number of piperidine rings is 1. The zero-order valence-electron chi connectivity index (χ0n) is 20.6. The molecule has 0 bridgehead atoms. The molecule has 36 heavy (non-hydrogen) atoms. The van der Waals surface area contributed by atoms with Crippen LogP contribution in [-0.2, 0) is 19.6 Å². The summed E-state index contributed by atoms with van der Waals surface area (Å²) in [4.78, 5) is 15.0. The molecule has 0 amide bonds. The summed E-state index contributed by atoms with van der Waals surface area (Å²) in [5.74, 6) is -0.886. The average Bonchev–Trinajstić information content (AvgIpc) is 3.23. The number of carbonyl (C=O) groups is 1. The first-order chi connectivity index (χ1) is 17.6. The summed E-state index contributed by atoms with van der Waals surface area (Å²) >= 11 is 0. The second-order valence-corrected chi connectivity index (χ2v) is 9.60. The fourth-order valence-electron chi connectivity index (χ4n) is 5.29. The summed E-state index contributed by atoms with van der Waals surface area (Å²) in [7, 11) is 0. The van der Waals surface area contributed by atoms with E-state index >= 15 is 0 Å². The third-order valence-electron chi connectivity index (χ3n) is 7.24.